The molecule has 0 unspecified atom stereocenters. The number of piperidine rings is 1. The van der Waals surface area contributed by atoms with Crippen LogP contribution in [0, 0.1) is 23.0 Å². The Balaban J connectivity index is 1.44. The lowest BCUT2D eigenvalue weighted by Crippen LogP contribution is -2.60. The molecule has 2 N–H and O–H groups in total. The van der Waals surface area contributed by atoms with Crippen LogP contribution in [0.4, 0.5) is 8.78 Å². The van der Waals surface area contributed by atoms with E-state index in [1.807, 2.05) is 0 Å². The number of hydrogen-bond acceptors (Lipinski definition) is 5. The number of hydrogen-bond donors (Lipinski definition) is 2. The number of likely N-dealkylation sites (tertiary alicyclic amines) is 1. The SMILES string of the molecule is CC1(C)CC[C@@H]1N1CC[C@@H](NC(=O)c2cc(-c3ccc(F)cc3F)on2)[C@H](C(=O)O)C1. The van der Waals surface area contributed by atoms with Crippen molar-refractivity contribution < 1.29 is 28.0 Å². The Morgan fingerprint density at radius 2 is 2.03 bits per heavy atom. The van der Waals surface area contributed by atoms with E-state index in [1.165, 1.54) is 12.1 Å². The highest BCUT2D eigenvalue weighted by Crippen LogP contribution is 2.44. The summed E-state index contributed by atoms with van der Waals surface area (Å²) >= 11 is 0. The van der Waals surface area contributed by atoms with E-state index in [4.69, 9.17) is 4.52 Å². The number of carboxylic acid groups (broad SMARTS) is 1. The Morgan fingerprint density at radius 3 is 2.65 bits per heavy atom. The van der Waals surface area contributed by atoms with Crippen LogP contribution in [0.2, 0.25) is 0 Å². The molecule has 0 radical (unpaired) electrons. The minimum atomic E-state index is -0.957. The molecule has 31 heavy (non-hydrogen) atoms. The molecule has 9 heteroatoms. The van der Waals surface area contributed by atoms with Gasteiger partial charge in [-0.3, -0.25) is 14.5 Å². The maximum atomic E-state index is 14.0. The van der Waals surface area contributed by atoms with E-state index in [1.54, 1.807) is 0 Å². The molecule has 2 aliphatic rings. The predicted octanol–water partition coefficient (Wildman–Crippen LogP) is 3.31. The van der Waals surface area contributed by atoms with Gasteiger partial charge < -0.3 is 14.9 Å². The summed E-state index contributed by atoms with van der Waals surface area (Å²) in [6, 6.07) is 4.06. The lowest BCUT2D eigenvalue weighted by Gasteiger charge is -2.53. The number of nitrogens with zero attached hydrogens (tertiary/aromatic N) is 2. The molecule has 1 saturated carbocycles. The summed E-state index contributed by atoms with van der Waals surface area (Å²) in [5.41, 5.74) is 0.0597. The summed E-state index contributed by atoms with van der Waals surface area (Å²) in [6.07, 6.45) is 2.68. The van der Waals surface area contributed by atoms with Crippen LogP contribution in [0.15, 0.2) is 28.8 Å². The van der Waals surface area contributed by atoms with Crippen LogP contribution in [0.25, 0.3) is 11.3 Å². The lowest BCUT2D eigenvalue weighted by atomic mass is 9.66. The summed E-state index contributed by atoms with van der Waals surface area (Å²) in [7, 11) is 0. The second-order valence-corrected chi connectivity index (χ2v) is 9.05. The van der Waals surface area contributed by atoms with E-state index in [-0.39, 0.29) is 22.4 Å². The fourth-order valence-electron chi connectivity index (χ4n) is 4.65. The molecule has 2 fully saturated rings. The third-order valence-corrected chi connectivity index (χ3v) is 6.62. The number of halogens is 2. The van der Waals surface area contributed by atoms with Gasteiger partial charge in [0.15, 0.2) is 11.5 Å². The average Bonchev–Trinajstić information content (AvgIpc) is 3.18. The zero-order chi connectivity index (χ0) is 22.3. The molecule has 1 saturated heterocycles. The topological polar surface area (TPSA) is 95.7 Å². The molecule has 3 atom stereocenters. The number of carbonyl (C=O) groups is 2. The van der Waals surface area contributed by atoms with E-state index in [9.17, 15) is 23.5 Å². The average molecular weight is 433 g/mol. The summed E-state index contributed by atoms with van der Waals surface area (Å²) in [5.74, 6) is -3.86. The Kier molecular flexibility index (Phi) is 5.55. The quantitative estimate of drug-likeness (QED) is 0.751. The normalized spacial score (nSPS) is 25.6. The Labute approximate surface area is 178 Å². The number of carboxylic acids is 1. The fraction of sp³-hybridized carbons (Fsp3) is 0.500. The van der Waals surface area contributed by atoms with Crippen LogP contribution in [0.5, 0.6) is 0 Å². The van der Waals surface area contributed by atoms with Gasteiger partial charge in [-0.15, -0.1) is 0 Å². The van der Waals surface area contributed by atoms with E-state index >= 15 is 0 Å². The van der Waals surface area contributed by atoms with Crippen LogP contribution in [-0.4, -0.2) is 52.2 Å². The second-order valence-electron chi connectivity index (χ2n) is 9.05. The number of carbonyl (C=O) groups excluding carboxylic acids is 1. The van der Waals surface area contributed by atoms with Gasteiger partial charge in [-0.05, 0) is 36.8 Å². The molecule has 4 rings (SSSR count). The number of aromatic nitrogens is 1. The molecule has 7 nitrogen and oxygen atoms in total. The Morgan fingerprint density at radius 1 is 1.26 bits per heavy atom. The van der Waals surface area contributed by atoms with Gasteiger partial charge in [-0.1, -0.05) is 19.0 Å². The van der Waals surface area contributed by atoms with Crippen LogP contribution in [0.3, 0.4) is 0 Å². The molecule has 0 spiro atoms. The van der Waals surface area contributed by atoms with Gasteiger partial charge in [-0.25, -0.2) is 8.78 Å². The number of amides is 1. The van der Waals surface area contributed by atoms with Gasteiger partial charge in [0.2, 0.25) is 0 Å². The molecule has 2 heterocycles. The van der Waals surface area contributed by atoms with Crippen LogP contribution >= 0.6 is 0 Å². The van der Waals surface area contributed by atoms with Gasteiger partial charge in [0.1, 0.15) is 11.6 Å². The summed E-state index contributed by atoms with van der Waals surface area (Å²) in [4.78, 5) is 26.8. The minimum Gasteiger partial charge on any atom is -0.481 e. The van der Waals surface area contributed by atoms with E-state index in [0.717, 1.165) is 18.9 Å². The van der Waals surface area contributed by atoms with Crippen molar-refractivity contribution in [1.29, 1.82) is 0 Å². The second kappa shape index (κ2) is 8.03. The first kappa shape index (κ1) is 21.4. The predicted molar refractivity (Wildman–Crippen MR) is 107 cm³/mol. The van der Waals surface area contributed by atoms with Crippen LogP contribution in [0.1, 0.15) is 43.6 Å². The number of aliphatic carboxylic acids is 1. The van der Waals surface area contributed by atoms with Crippen molar-refractivity contribution >= 4 is 11.9 Å². The van der Waals surface area contributed by atoms with Crippen molar-refractivity contribution in [3.05, 3.63) is 41.6 Å². The Hall–Kier alpha value is -2.81. The molecular formula is C22H25F2N3O4. The molecular weight excluding hydrogens is 408 g/mol. The minimum absolute atomic E-state index is 0.0144. The fourth-order valence-corrected chi connectivity index (χ4v) is 4.65. The van der Waals surface area contributed by atoms with E-state index in [2.05, 4.69) is 29.2 Å². The van der Waals surface area contributed by atoms with E-state index < -0.39 is 35.5 Å². The van der Waals surface area contributed by atoms with Gasteiger partial charge >= 0.3 is 5.97 Å². The van der Waals surface area contributed by atoms with Crippen molar-refractivity contribution in [2.24, 2.45) is 11.3 Å². The van der Waals surface area contributed by atoms with Crippen LogP contribution < -0.4 is 5.32 Å². The summed E-state index contributed by atoms with van der Waals surface area (Å²) in [5, 5.41) is 16.2. The summed E-state index contributed by atoms with van der Waals surface area (Å²) in [6.45, 7) is 5.46. The Bertz CT molecular complexity index is 1010. The zero-order valence-electron chi connectivity index (χ0n) is 17.4. The molecule has 1 amide bonds. The molecule has 0 bridgehead atoms. The first-order valence-electron chi connectivity index (χ1n) is 10.4. The monoisotopic (exact) mass is 433 g/mol. The lowest BCUT2D eigenvalue weighted by molar-refractivity contribution is -0.146. The van der Waals surface area contributed by atoms with Crippen molar-refractivity contribution in [3.8, 4) is 11.3 Å². The molecule has 1 aliphatic carbocycles. The van der Waals surface area contributed by atoms with Gasteiger partial charge in [0.05, 0.1) is 11.5 Å². The maximum absolute atomic E-state index is 14.0. The third-order valence-electron chi connectivity index (χ3n) is 6.62. The standard InChI is InChI=1S/C22H25F2N3O4/c1-22(2)7-5-19(22)27-8-6-16(14(11-27)21(29)30)25-20(28)17-10-18(31-26-17)13-4-3-12(23)9-15(13)24/h3-4,9-10,14,16,19H,5-8,11H2,1-2H3,(H,25,28)(H,29,30)/t14-,16-,19+/m1/s1. The van der Waals surface area contributed by atoms with Gasteiger partial charge in [0.25, 0.3) is 5.91 Å². The number of benzene rings is 1. The first-order valence-corrected chi connectivity index (χ1v) is 10.4. The number of rotatable bonds is 5. The first-order chi connectivity index (χ1) is 14.7. The highest BCUT2D eigenvalue weighted by Gasteiger charge is 2.46. The largest absolute Gasteiger partial charge is 0.481 e. The van der Waals surface area contributed by atoms with E-state index in [0.29, 0.717) is 31.6 Å². The van der Waals surface area contributed by atoms with Crippen molar-refractivity contribution in [1.82, 2.24) is 15.4 Å². The van der Waals surface area contributed by atoms with Crippen molar-refractivity contribution in [2.75, 3.05) is 13.1 Å². The van der Waals surface area contributed by atoms with Crippen molar-refractivity contribution in [2.45, 2.75) is 45.2 Å². The summed E-state index contributed by atoms with van der Waals surface area (Å²) < 4.78 is 32.1. The maximum Gasteiger partial charge on any atom is 0.309 e. The van der Waals surface area contributed by atoms with Gasteiger partial charge in [0, 0.05) is 37.3 Å². The molecule has 1 aromatic carbocycles. The zero-order valence-corrected chi connectivity index (χ0v) is 17.4. The molecule has 2 aromatic rings. The highest BCUT2D eigenvalue weighted by atomic mass is 19.1. The van der Waals surface area contributed by atoms with Gasteiger partial charge in [-0.2, -0.15) is 0 Å². The van der Waals surface area contributed by atoms with Crippen LogP contribution in [-0.2, 0) is 4.79 Å². The molecule has 166 valence electrons. The molecule has 1 aromatic heterocycles. The third kappa shape index (κ3) is 4.19. The van der Waals surface area contributed by atoms with Crippen molar-refractivity contribution in [3.63, 3.8) is 0 Å². The number of nitrogens with one attached hydrogen (secondary N) is 1. The highest BCUT2D eigenvalue weighted by molar-refractivity contribution is 5.93. The molecule has 1 aliphatic heterocycles. The smallest absolute Gasteiger partial charge is 0.309 e.